The first-order valence-electron chi connectivity index (χ1n) is 13.8. The average Bonchev–Trinajstić information content (AvgIpc) is 3.46. The average molecular weight is 536 g/mol. The van der Waals surface area contributed by atoms with Crippen LogP contribution in [-0.4, -0.2) is 93.9 Å². The summed E-state index contributed by atoms with van der Waals surface area (Å²) in [6.07, 6.45) is 5.67. The summed E-state index contributed by atoms with van der Waals surface area (Å²) in [6, 6.07) is 11.4. The molecule has 1 aromatic rings. The van der Waals surface area contributed by atoms with Crippen LogP contribution in [0.15, 0.2) is 42.0 Å². The zero-order valence-corrected chi connectivity index (χ0v) is 22.6. The molecule has 0 aliphatic carbocycles. The van der Waals surface area contributed by atoms with E-state index in [1.54, 1.807) is 11.0 Å². The fourth-order valence-electron chi connectivity index (χ4n) is 6.66. The molecule has 5 heterocycles. The Morgan fingerprint density at radius 1 is 1.26 bits per heavy atom. The molecule has 5 fully saturated rings. The number of alkyl carbamates (subject to hydrolysis) is 1. The Hall–Kier alpha value is -2.91. The number of nitrogens with zero attached hydrogens (tertiary/aromatic N) is 3. The molecule has 208 valence electrons. The Balaban J connectivity index is 1.24. The molecule has 0 aromatic heterocycles. The molecule has 5 aliphatic rings. The molecule has 2 amide bonds. The molecular weight excluding hydrogens is 499 g/mol. The van der Waals surface area contributed by atoms with E-state index in [1.165, 1.54) is 0 Å². The van der Waals surface area contributed by atoms with E-state index < -0.39 is 30.2 Å². The number of fused-ring (bicyclic) bond motifs is 4. The molecule has 3 N–H and O–H groups in total. The van der Waals surface area contributed by atoms with Gasteiger partial charge < -0.3 is 29.7 Å². The molecule has 2 unspecified atom stereocenters. The molecule has 5 aliphatic heterocycles. The molecular formula is C28H37BN4O6. The summed E-state index contributed by atoms with van der Waals surface area (Å²) < 4.78 is 11.3. The molecule has 1 aromatic carbocycles. The van der Waals surface area contributed by atoms with Crippen molar-refractivity contribution in [3.05, 3.63) is 47.5 Å². The molecule has 10 nitrogen and oxygen atoms in total. The van der Waals surface area contributed by atoms with Gasteiger partial charge in [-0.1, -0.05) is 30.3 Å². The third-order valence-corrected chi connectivity index (χ3v) is 8.84. The van der Waals surface area contributed by atoms with Gasteiger partial charge in [0.05, 0.1) is 23.7 Å². The maximum atomic E-state index is 13.8. The predicted molar refractivity (Wildman–Crippen MR) is 143 cm³/mol. The van der Waals surface area contributed by atoms with Crippen LogP contribution in [0.3, 0.4) is 0 Å². The van der Waals surface area contributed by atoms with Crippen molar-refractivity contribution in [3.63, 3.8) is 0 Å². The number of carbonyl (C=O) groups excluding carboxylic acids is 2. The van der Waals surface area contributed by atoms with Crippen LogP contribution in [0.2, 0.25) is 0 Å². The number of rotatable bonds is 9. The molecule has 11 heteroatoms. The summed E-state index contributed by atoms with van der Waals surface area (Å²) in [5.41, 5.74) is -0.211. The molecule has 0 saturated carbocycles. The lowest BCUT2D eigenvalue weighted by Gasteiger charge is -2.52. The summed E-state index contributed by atoms with van der Waals surface area (Å²) in [5.74, 6) is -1.27. The number of piperidine rings is 1. The van der Waals surface area contributed by atoms with Gasteiger partial charge in [0.1, 0.15) is 18.2 Å². The lowest BCUT2D eigenvalue weighted by Crippen LogP contribution is -2.62. The number of amides is 2. The first-order chi connectivity index (χ1) is 18.6. The van der Waals surface area contributed by atoms with Crippen LogP contribution >= 0.6 is 0 Å². The van der Waals surface area contributed by atoms with Gasteiger partial charge >= 0.3 is 13.2 Å². The van der Waals surface area contributed by atoms with Crippen molar-refractivity contribution >= 4 is 19.1 Å². The predicted octanol–water partition coefficient (Wildman–Crippen LogP) is 1.56. The number of morpholine rings is 1. The smallest absolute Gasteiger partial charge is 0.447 e. The molecule has 4 bridgehead atoms. The van der Waals surface area contributed by atoms with Gasteiger partial charge in [0.2, 0.25) is 0 Å². The second-order valence-electron chi connectivity index (χ2n) is 11.9. The molecule has 39 heavy (non-hydrogen) atoms. The van der Waals surface area contributed by atoms with Gasteiger partial charge in [-0.25, -0.2) is 4.79 Å². The zero-order chi connectivity index (χ0) is 27.8. The van der Waals surface area contributed by atoms with Crippen molar-refractivity contribution in [1.29, 1.82) is 5.26 Å². The standard InChI is InChI=1S/C28H37BN4O6/c1-27(2,32-16-22-13-23(17-32)39-22)14-20(15-30)25(34)33-21-8-10-28(33,11-9-21)18-38-26(35)31-24(29(36)37)12-19-6-4-3-5-7-19/h3-7,14,21-24,36-37H,8-13,16-18H2,1-2H3,(H,31,35)/t21?,22?,23?,24-,28?/m0/s1. The van der Waals surface area contributed by atoms with Gasteiger partial charge in [-0.05, 0) is 57.6 Å². The van der Waals surface area contributed by atoms with Crippen molar-refractivity contribution in [2.24, 2.45) is 0 Å². The van der Waals surface area contributed by atoms with Crippen molar-refractivity contribution < 1.29 is 29.1 Å². The Bertz CT molecular complexity index is 1130. The third-order valence-electron chi connectivity index (χ3n) is 8.84. The first-order valence-corrected chi connectivity index (χ1v) is 13.8. The Morgan fingerprint density at radius 3 is 2.49 bits per heavy atom. The van der Waals surface area contributed by atoms with Gasteiger partial charge in [-0.3, -0.25) is 9.69 Å². The fourth-order valence-corrected chi connectivity index (χ4v) is 6.66. The van der Waals surface area contributed by atoms with E-state index in [2.05, 4.69) is 16.3 Å². The second kappa shape index (κ2) is 10.9. The van der Waals surface area contributed by atoms with E-state index in [4.69, 9.17) is 9.47 Å². The number of benzene rings is 1. The van der Waals surface area contributed by atoms with Gasteiger partial charge in [0.25, 0.3) is 5.91 Å². The van der Waals surface area contributed by atoms with Crippen molar-refractivity contribution in [2.75, 3.05) is 19.7 Å². The summed E-state index contributed by atoms with van der Waals surface area (Å²) in [4.78, 5) is 30.5. The van der Waals surface area contributed by atoms with E-state index in [-0.39, 0.29) is 42.8 Å². The number of ether oxygens (including phenoxy) is 2. The Labute approximate surface area is 229 Å². The first kappa shape index (κ1) is 27.7. The van der Waals surface area contributed by atoms with Crippen LogP contribution in [0.25, 0.3) is 0 Å². The minimum atomic E-state index is -1.76. The summed E-state index contributed by atoms with van der Waals surface area (Å²) >= 11 is 0. The second-order valence-corrected chi connectivity index (χ2v) is 11.9. The van der Waals surface area contributed by atoms with Crippen LogP contribution in [0.5, 0.6) is 0 Å². The lowest BCUT2D eigenvalue weighted by atomic mass is 9.76. The van der Waals surface area contributed by atoms with Crippen LogP contribution in [-0.2, 0) is 20.7 Å². The number of nitriles is 1. The monoisotopic (exact) mass is 536 g/mol. The van der Waals surface area contributed by atoms with Crippen molar-refractivity contribution in [1.82, 2.24) is 15.1 Å². The van der Waals surface area contributed by atoms with E-state index >= 15 is 0 Å². The minimum absolute atomic E-state index is 0.00477. The molecule has 0 spiro atoms. The van der Waals surface area contributed by atoms with Crippen molar-refractivity contribution in [3.8, 4) is 6.07 Å². The minimum Gasteiger partial charge on any atom is -0.447 e. The van der Waals surface area contributed by atoms with Gasteiger partial charge in [0, 0.05) is 31.1 Å². The van der Waals surface area contributed by atoms with E-state index in [0.29, 0.717) is 12.8 Å². The third kappa shape index (κ3) is 5.70. The highest BCUT2D eigenvalue weighted by Gasteiger charge is 2.55. The SMILES string of the molecule is CC(C)(C=C(C#N)C(=O)N1C2CCC1(COC(=O)N[C@@H](Cc1ccccc1)B(O)O)CC2)N1CC2CC(C1)O2. The fraction of sp³-hybridized carbons (Fsp3) is 0.607. The summed E-state index contributed by atoms with van der Waals surface area (Å²) in [5, 5.41) is 32.1. The lowest BCUT2D eigenvalue weighted by molar-refractivity contribution is -0.192. The molecule has 6 rings (SSSR count). The molecule has 5 saturated heterocycles. The van der Waals surface area contributed by atoms with Gasteiger partial charge in [-0.15, -0.1) is 0 Å². The number of carbonyl (C=O) groups is 2. The maximum Gasteiger partial charge on any atom is 0.475 e. The number of hydrogen-bond donors (Lipinski definition) is 3. The van der Waals surface area contributed by atoms with E-state index in [0.717, 1.165) is 37.9 Å². The molecule has 0 radical (unpaired) electrons. The van der Waals surface area contributed by atoms with Crippen LogP contribution in [0, 0.1) is 11.3 Å². The topological polar surface area (TPSA) is 135 Å². The van der Waals surface area contributed by atoms with Gasteiger partial charge in [-0.2, -0.15) is 5.26 Å². The summed E-state index contributed by atoms with van der Waals surface area (Å²) in [7, 11) is -1.76. The van der Waals surface area contributed by atoms with Crippen LogP contribution in [0.4, 0.5) is 4.79 Å². The number of hydrogen-bond acceptors (Lipinski definition) is 8. The Kier molecular flexibility index (Phi) is 7.75. The normalized spacial score (nSPS) is 28.8. The van der Waals surface area contributed by atoms with E-state index in [1.807, 2.05) is 44.2 Å². The van der Waals surface area contributed by atoms with Crippen LogP contribution < -0.4 is 5.32 Å². The largest absolute Gasteiger partial charge is 0.475 e. The molecule has 3 atom stereocenters. The van der Waals surface area contributed by atoms with Crippen LogP contribution in [0.1, 0.15) is 51.5 Å². The number of nitrogens with one attached hydrogen (secondary N) is 1. The van der Waals surface area contributed by atoms with E-state index in [9.17, 15) is 24.9 Å². The highest BCUT2D eigenvalue weighted by molar-refractivity contribution is 6.43. The van der Waals surface area contributed by atoms with Crippen molar-refractivity contribution in [2.45, 2.75) is 87.6 Å². The highest BCUT2D eigenvalue weighted by atomic mass is 16.6. The highest BCUT2D eigenvalue weighted by Crippen LogP contribution is 2.47. The Morgan fingerprint density at radius 2 is 1.90 bits per heavy atom. The quantitative estimate of drug-likeness (QED) is 0.246. The van der Waals surface area contributed by atoms with Gasteiger partial charge in [0.15, 0.2) is 0 Å². The zero-order valence-electron chi connectivity index (χ0n) is 22.6. The maximum absolute atomic E-state index is 13.8. The summed E-state index contributed by atoms with van der Waals surface area (Å²) in [6.45, 7) is 5.58.